The molecule has 0 radical (unpaired) electrons. The molecular formula is C20H22N2O4. The number of ether oxygens (including phenoxy) is 2. The third-order valence-electron chi connectivity index (χ3n) is 3.47. The summed E-state index contributed by atoms with van der Waals surface area (Å²) in [6, 6.07) is 11.0. The van der Waals surface area contributed by atoms with Crippen LogP contribution >= 0.6 is 0 Å². The average Bonchev–Trinajstić information content (AvgIpc) is 2.57. The third-order valence-corrected chi connectivity index (χ3v) is 3.47. The van der Waals surface area contributed by atoms with Crippen LogP contribution in [0.3, 0.4) is 0 Å². The summed E-state index contributed by atoms with van der Waals surface area (Å²) in [5.74, 6) is 0.0494. The number of rotatable bonds is 7. The van der Waals surface area contributed by atoms with Crippen molar-refractivity contribution in [3.05, 3.63) is 59.2 Å². The Balaban J connectivity index is 2.06. The molecule has 136 valence electrons. The minimum Gasteiger partial charge on any atom is -0.493 e. The van der Waals surface area contributed by atoms with E-state index >= 15 is 0 Å². The van der Waals surface area contributed by atoms with E-state index in [4.69, 9.17) is 15.2 Å². The molecule has 0 aromatic heterocycles. The van der Waals surface area contributed by atoms with E-state index in [0.717, 1.165) is 22.4 Å². The summed E-state index contributed by atoms with van der Waals surface area (Å²) in [6.45, 7) is 3.73. The standard InChI is InChI=1S/C20H22N2O4/c1-13-8-14(2)10-16(9-13)22-20(24)7-5-15-4-6-17(18(11-15)25-3)26-12-19(21)23/h4-11H,12H2,1-3H3,(H2,21,23)(H,22,24)/b7-5+. The maximum atomic E-state index is 12.1. The number of methoxy groups -OCH3 is 1. The van der Waals surface area contributed by atoms with Gasteiger partial charge in [-0.1, -0.05) is 12.1 Å². The highest BCUT2D eigenvalue weighted by Gasteiger charge is 2.07. The molecular weight excluding hydrogens is 332 g/mol. The number of hydrogen-bond acceptors (Lipinski definition) is 4. The molecule has 6 nitrogen and oxygen atoms in total. The van der Waals surface area contributed by atoms with Gasteiger partial charge in [-0.25, -0.2) is 0 Å². The molecule has 0 aliphatic heterocycles. The fourth-order valence-corrected chi connectivity index (χ4v) is 2.46. The highest BCUT2D eigenvalue weighted by atomic mass is 16.5. The lowest BCUT2D eigenvalue weighted by Crippen LogP contribution is -2.20. The second-order valence-electron chi connectivity index (χ2n) is 5.86. The van der Waals surface area contributed by atoms with E-state index in [1.807, 2.05) is 32.0 Å². The molecule has 0 fully saturated rings. The highest BCUT2D eigenvalue weighted by molar-refractivity contribution is 6.02. The minimum atomic E-state index is -0.570. The summed E-state index contributed by atoms with van der Waals surface area (Å²) in [4.78, 5) is 22.9. The Bertz CT molecular complexity index is 823. The van der Waals surface area contributed by atoms with Gasteiger partial charge in [0.25, 0.3) is 5.91 Å². The van der Waals surface area contributed by atoms with Crippen LogP contribution in [0.2, 0.25) is 0 Å². The summed E-state index contributed by atoms with van der Waals surface area (Å²) in [5.41, 5.74) is 8.74. The first-order valence-electron chi connectivity index (χ1n) is 8.04. The van der Waals surface area contributed by atoms with Crippen LogP contribution in [-0.4, -0.2) is 25.5 Å². The zero-order chi connectivity index (χ0) is 19.1. The molecule has 3 N–H and O–H groups in total. The number of primary amides is 1. The lowest BCUT2D eigenvalue weighted by molar-refractivity contribution is -0.120. The van der Waals surface area contributed by atoms with Crippen molar-refractivity contribution in [3.63, 3.8) is 0 Å². The molecule has 0 unspecified atom stereocenters. The van der Waals surface area contributed by atoms with Crippen LogP contribution in [0, 0.1) is 13.8 Å². The number of amides is 2. The molecule has 0 aliphatic rings. The van der Waals surface area contributed by atoms with Gasteiger partial charge in [-0.05, 0) is 60.9 Å². The number of carbonyl (C=O) groups is 2. The van der Waals surface area contributed by atoms with Crippen molar-refractivity contribution in [2.75, 3.05) is 19.0 Å². The van der Waals surface area contributed by atoms with E-state index in [2.05, 4.69) is 5.32 Å². The quantitative estimate of drug-likeness (QED) is 0.748. The van der Waals surface area contributed by atoms with Crippen molar-refractivity contribution in [1.29, 1.82) is 0 Å². The third kappa shape index (κ3) is 5.66. The molecule has 26 heavy (non-hydrogen) atoms. The number of hydrogen-bond donors (Lipinski definition) is 2. The summed E-state index contributed by atoms with van der Waals surface area (Å²) in [6.07, 6.45) is 3.11. The van der Waals surface area contributed by atoms with Gasteiger partial charge in [0.05, 0.1) is 7.11 Å². The molecule has 0 spiro atoms. The monoisotopic (exact) mass is 354 g/mol. The van der Waals surface area contributed by atoms with Gasteiger partial charge < -0.3 is 20.5 Å². The predicted molar refractivity (Wildman–Crippen MR) is 101 cm³/mol. The summed E-state index contributed by atoms with van der Waals surface area (Å²) >= 11 is 0. The van der Waals surface area contributed by atoms with Crippen LogP contribution in [0.1, 0.15) is 16.7 Å². The highest BCUT2D eigenvalue weighted by Crippen LogP contribution is 2.28. The Kier molecular flexibility index (Phi) is 6.38. The molecule has 2 aromatic carbocycles. The molecule has 0 bridgehead atoms. The van der Waals surface area contributed by atoms with Gasteiger partial charge in [0, 0.05) is 11.8 Å². The topological polar surface area (TPSA) is 90.7 Å². The Labute approximate surface area is 152 Å². The first kappa shape index (κ1) is 19.1. The van der Waals surface area contributed by atoms with Crippen LogP contribution in [0.15, 0.2) is 42.5 Å². The molecule has 2 amide bonds. The lowest BCUT2D eigenvalue weighted by Gasteiger charge is -2.10. The summed E-state index contributed by atoms with van der Waals surface area (Å²) < 4.78 is 10.5. The average molecular weight is 354 g/mol. The Morgan fingerprint density at radius 2 is 1.77 bits per heavy atom. The number of aryl methyl sites for hydroxylation is 2. The SMILES string of the molecule is COc1cc(/C=C/C(=O)Nc2cc(C)cc(C)c2)ccc1OCC(N)=O. The van der Waals surface area contributed by atoms with Crippen LogP contribution in [0.4, 0.5) is 5.69 Å². The Morgan fingerprint density at radius 3 is 2.38 bits per heavy atom. The Morgan fingerprint density at radius 1 is 1.08 bits per heavy atom. The molecule has 0 saturated carbocycles. The molecule has 0 atom stereocenters. The van der Waals surface area contributed by atoms with Crippen molar-refractivity contribution in [3.8, 4) is 11.5 Å². The van der Waals surface area contributed by atoms with Crippen LogP contribution in [-0.2, 0) is 9.59 Å². The second-order valence-corrected chi connectivity index (χ2v) is 5.86. The fourth-order valence-electron chi connectivity index (χ4n) is 2.46. The van der Waals surface area contributed by atoms with Crippen molar-refractivity contribution in [2.24, 2.45) is 5.73 Å². The summed E-state index contributed by atoms with van der Waals surface area (Å²) in [7, 11) is 1.49. The van der Waals surface area contributed by atoms with E-state index in [1.54, 1.807) is 24.3 Å². The van der Waals surface area contributed by atoms with Crippen molar-refractivity contribution < 1.29 is 19.1 Å². The number of nitrogens with two attached hydrogens (primary N) is 1. The largest absolute Gasteiger partial charge is 0.493 e. The molecule has 2 aromatic rings. The van der Waals surface area contributed by atoms with Gasteiger partial charge >= 0.3 is 0 Å². The zero-order valence-corrected chi connectivity index (χ0v) is 15.0. The van der Waals surface area contributed by atoms with Crippen molar-refractivity contribution in [2.45, 2.75) is 13.8 Å². The van der Waals surface area contributed by atoms with Crippen molar-refractivity contribution >= 4 is 23.6 Å². The normalized spacial score (nSPS) is 10.6. The van der Waals surface area contributed by atoms with Gasteiger partial charge in [-0.2, -0.15) is 0 Å². The number of nitrogens with one attached hydrogen (secondary N) is 1. The maximum Gasteiger partial charge on any atom is 0.255 e. The first-order chi connectivity index (χ1) is 12.4. The minimum absolute atomic E-state index is 0.232. The molecule has 0 heterocycles. The van der Waals surface area contributed by atoms with E-state index in [1.165, 1.54) is 13.2 Å². The predicted octanol–water partition coefficient (Wildman–Crippen LogP) is 2.83. The molecule has 0 saturated heterocycles. The molecule has 6 heteroatoms. The van der Waals surface area contributed by atoms with Gasteiger partial charge in [0.1, 0.15) is 0 Å². The van der Waals surface area contributed by atoms with E-state index in [0.29, 0.717) is 11.5 Å². The second kappa shape index (κ2) is 8.71. The van der Waals surface area contributed by atoms with Gasteiger partial charge in [-0.15, -0.1) is 0 Å². The van der Waals surface area contributed by atoms with Crippen LogP contribution in [0.25, 0.3) is 6.08 Å². The van der Waals surface area contributed by atoms with E-state index in [-0.39, 0.29) is 12.5 Å². The molecule has 2 rings (SSSR count). The lowest BCUT2D eigenvalue weighted by atomic mass is 10.1. The summed E-state index contributed by atoms with van der Waals surface area (Å²) in [5, 5.41) is 2.83. The van der Waals surface area contributed by atoms with Gasteiger partial charge in [0.2, 0.25) is 5.91 Å². The Hall–Kier alpha value is -3.28. The smallest absolute Gasteiger partial charge is 0.255 e. The van der Waals surface area contributed by atoms with Crippen LogP contribution < -0.4 is 20.5 Å². The number of benzene rings is 2. The van der Waals surface area contributed by atoms with Gasteiger partial charge in [-0.3, -0.25) is 9.59 Å². The molecule has 0 aliphatic carbocycles. The van der Waals surface area contributed by atoms with Crippen molar-refractivity contribution in [1.82, 2.24) is 0 Å². The van der Waals surface area contributed by atoms with E-state index < -0.39 is 5.91 Å². The maximum absolute atomic E-state index is 12.1. The number of anilines is 1. The zero-order valence-electron chi connectivity index (χ0n) is 15.0. The van der Waals surface area contributed by atoms with Gasteiger partial charge in [0.15, 0.2) is 18.1 Å². The fraction of sp³-hybridized carbons (Fsp3) is 0.200. The first-order valence-corrected chi connectivity index (χ1v) is 8.04. The number of carbonyl (C=O) groups excluding carboxylic acids is 2. The van der Waals surface area contributed by atoms with Crippen LogP contribution in [0.5, 0.6) is 11.5 Å². The van der Waals surface area contributed by atoms with E-state index in [9.17, 15) is 9.59 Å².